The summed E-state index contributed by atoms with van der Waals surface area (Å²) in [7, 11) is 0. The highest BCUT2D eigenvalue weighted by Gasteiger charge is 2.36. The van der Waals surface area contributed by atoms with Crippen LogP contribution in [0.2, 0.25) is 0 Å². The molecule has 2 aliphatic rings. The molecule has 224 valence electrons. The first kappa shape index (κ1) is 32.5. The summed E-state index contributed by atoms with van der Waals surface area (Å²) < 4.78 is 13.9. The number of rotatable bonds is 18. The summed E-state index contributed by atoms with van der Waals surface area (Å²) >= 11 is 0. The van der Waals surface area contributed by atoms with Crippen molar-refractivity contribution in [2.75, 3.05) is 0 Å². The molecule has 0 aliphatic heterocycles. The van der Waals surface area contributed by atoms with E-state index in [9.17, 15) is 5.11 Å². The van der Waals surface area contributed by atoms with Crippen molar-refractivity contribution in [3.05, 3.63) is 29.3 Å². The van der Waals surface area contributed by atoms with Gasteiger partial charge in [0.05, 0.1) is 23.4 Å². The van der Waals surface area contributed by atoms with E-state index in [2.05, 4.69) is 33.8 Å². The Labute approximate surface area is 241 Å². The molecule has 0 spiro atoms. The summed E-state index contributed by atoms with van der Waals surface area (Å²) in [5.74, 6) is 0.419. The fourth-order valence-electron chi connectivity index (χ4n) is 7.58. The molecule has 0 bridgehead atoms. The van der Waals surface area contributed by atoms with Gasteiger partial charge < -0.3 is 14.6 Å². The number of hydrogen-bond acceptors (Lipinski definition) is 3. The molecule has 39 heavy (non-hydrogen) atoms. The molecule has 3 rings (SSSR count). The fraction of sp³-hybridized carbons (Fsp3) is 0.833. The van der Waals surface area contributed by atoms with Crippen LogP contribution in [0.5, 0.6) is 5.75 Å². The standard InChI is InChI=1S/C36H62O3/c1-5-7-9-13-22-35(24-15-11-16-25-35)38-30(3)28-32-20-19-21-34(37)33(32)29-31(4)39-36(23-14-10-8-6-2)26-17-12-18-27-36/h19-21,30-31,37H,5-18,22-29H2,1-4H3. The van der Waals surface area contributed by atoms with Crippen LogP contribution >= 0.6 is 0 Å². The van der Waals surface area contributed by atoms with Crippen LogP contribution in [0, 0.1) is 0 Å². The molecule has 2 fully saturated rings. The third-order valence-corrected chi connectivity index (χ3v) is 9.65. The molecule has 2 atom stereocenters. The lowest BCUT2D eigenvalue weighted by molar-refractivity contribution is -0.115. The smallest absolute Gasteiger partial charge is 0.119 e. The molecule has 0 saturated heterocycles. The fourth-order valence-corrected chi connectivity index (χ4v) is 7.58. The van der Waals surface area contributed by atoms with Crippen LogP contribution in [0.25, 0.3) is 0 Å². The minimum atomic E-state index is 0.0392. The maximum Gasteiger partial charge on any atom is 0.119 e. The van der Waals surface area contributed by atoms with Gasteiger partial charge in [0.15, 0.2) is 0 Å². The predicted molar refractivity (Wildman–Crippen MR) is 166 cm³/mol. The Balaban J connectivity index is 1.64. The van der Waals surface area contributed by atoms with Gasteiger partial charge in [0, 0.05) is 6.42 Å². The lowest BCUT2D eigenvalue weighted by Crippen LogP contribution is -2.39. The SMILES string of the molecule is CCCCCCC1(OC(C)Cc2cccc(O)c2CC(C)OC2(CCCCCC)CCCCC2)CCCCC1. The summed E-state index contributed by atoms with van der Waals surface area (Å²) in [6.45, 7) is 9.05. The van der Waals surface area contributed by atoms with Crippen LogP contribution in [0.15, 0.2) is 18.2 Å². The number of phenolic OH excluding ortho intramolecular Hbond substituents is 1. The van der Waals surface area contributed by atoms with Gasteiger partial charge >= 0.3 is 0 Å². The molecule has 0 aromatic heterocycles. The van der Waals surface area contributed by atoms with E-state index in [4.69, 9.17) is 9.47 Å². The molecule has 3 nitrogen and oxygen atoms in total. The maximum absolute atomic E-state index is 11.0. The van der Waals surface area contributed by atoms with E-state index in [1.165, 1.54) is 134 Å². The van der Waals surface area contributed by atoms with Crippen molar-refractivity contribution in [1.82, 2.24) is 0 Å². The third-order valence-electron chi connectivity index (χ3n) is 9.65. The zero-order valence-corrected chi connectivity index (χ0v) is 26.2. The highest BCUT2D eigenvalue weighted by Crippen LogP contribution is 2.39. The minimum absolute atomic E-state index is 0.0392. The Morgan fingerprint density at radius 1 is 0.667 bits per heavy atom. The molecular formula is C36H62O3. The first-order valence-electron chi connectivity index (χ1n) is 17.1. The third kappa shape index (κ3) is 10.7. The number of phenols is 1. The van der Waals surface area contributed by atoms with Gasteiger partial charge in [-0.1, -0.05) is 116 Å². The molecule has 0 heterocycles. The van der Waals surface area contributed by atoms with E-state index >= 15 is 0 Å². The first-order valence-corrected chi connectivity index (χ1v) is 17.1. The van der Waals surface area contributed by atoms with Crippen molar-refractivity contribution >= 4 is 0 Å². The van der Waals surface area contributed by atoms with Gasteiger partial charge in [0.1, 0.15) is 5.75 Å². The molecule has 1 N–H and O–H groups in total. The van der Waals surface area contributed by atoms with Gasteiger partial charge in [0.2, 0.25) is 0 Å². The van der Waals surface area contributed by atoms with Gasteiger partial charge in [-0.3, -0.25) is 0 Å². The second-order valence-corrected chi connectivity index (χ2v) is 13.3. The molecule has 2 unspecified atom stereocenters. The normalized spacial score (nSPS) is 20.5. The van der Waals surface area contributed by atoms with E-state index in [0.717, 1.165) is 18.4 Å². The zero-order chi connectivity index (χ0) is 28.0. The van der Waals surface area contributed by atoms with Crippen LogP contribution < -0.4 is 0 Å². The van der Waals surface area contributed by atoms with Gasteiger partial charge in [-0.2, -0.15) is 0 Å². The van der Waals surface area contributed by atoms with Crippen LogP contribution in [-0.2, 0) is 22.3 Å². The quantitative estimate of drug-likeness (QED) is 0.187. The second-order valence-electron chi connectivity index (χ2n) is 13.3. The molecule has 0 radical (unpaired) electrons. The Morgan fingerprint density at radius 3 is 1.64 bits per heavy atom. The average molecular weight is 543 g/mol. The molecule has 3 heteroatoms. The minimum Gasteiger partial charge on any atom is -0.508 e. The maximum atomic E-state index is 11.0. The van der Waals surface area contributed by atoms with Gasteiger partial charge in [-0.25, -0.2) is 0 Å². The summed E-state index contributed by atoms with van der Waals surface area (Å²) in [5.41, 5.74) is 2.40. The molecule has 1 aromatic rings. The highest BCUT2D eigenvalue weighted by molar-refractivity contribution is 5.40. The topological polar surface area (TPSA) is 38.7 Å². The largest absolute Gasteiger partial charge is 0.508 e. The predicted octanol–water partition coefficient (Wildman–Crippen LogP) is 10.6. The molecule has 1 aromatic carbocycles. The van der Waals surface area contributed by atoms with Crippen molar-refractivity contribution in [2.24, 2.45) is 0 Å². The van der Waals surface area contributed by atoms with Crippen LogP contribution in [0.4, 0.5) is 0 Å². The highest BCUT2D eigenvalue weighted by atomic mass is 16.5. The van der Waals surface area contributed by atoms with Crippen molar-refractivity contribution in [2.45, 2.75) is 192 Å². The summed E-state index contributed by atoms with van der Waals surface area (Å²) in [5, 5.41) is 11.0. The van der Waals surface area contributed by atoms with E-state index in [0.29, 0.717) is 5.75 Å². The number of benzene rings is 1. The molecule has 2 saturated carbocycles. The lowest BCUT2D eigenvalue weighted by Gasteiger charge is -2.40. The Morgan fingerprint density at radius 2 is 1.15 bits per heavy atom. The number of unbranched alkanes of at least 4 members (excludes halogenated alkanes) is 6. The molecule has 0 amide bonds. The van der Waals surface area contributed by atoms with Crippen molar-refractivity contribution in [3.63, 3.8) is 0 Å². The number of aromatic hydroxyl groups is 1. The van der Waals surface area contributed by atoms with Gasteiger partial charge in [-0.15, -0.1) is 0 Å². The van der Waals surface area contributed by atoms with E-state index in [1.807, 2.05) is 12.1 Å². The van der Waals surface area contributed by atoms with Crippen LogP contribution in [0.1, 0.15) is 167 Å². The second kappa shape index (κ2) is 17.0. The Bertz CT molecular complexity index is 790. The molecule has 2 aliphatic carbocycles. The monoisotopic (exact) mass is 542 g/mol. The number of hydrogen-bond donors (Lipinski definition) is 1. The van der Waals surface area contributed by atoms with Crippen molar-refractivity contribution in [1.29, 1.82) is 0 Å². The van der Waals surface area contributed by atoms with Crippen LogP contribution in [0.3, 0.4) is 0 Å². The van der Waals surface area contributed by atoms with E-state index in [1.54, 1.807) is 0 Å². The zero-order valence-electron chi connectivity index (χ0n) is 26.2. The van der Waals surface area contributed by atoms with E-state index in [-0.39, 0.29) is 23.4 Å². The average Bonchev–Trinajstić information content (AvgIpc) is 2.92. The van der Waals surface area contributed by atoms with Gasteiger partial charge in [0.25, 0.3) is 0 Å². The van der Waals surface area contributed by atoms with Crippen LogP contribution in [-0.4, -0.2) is 28.5 Å². The van der Waals surface area contributed by atoms with E-state index < -0.39 is 0 Å². The van der Waals surface area contributed by atoms with Crippen molar-refractivity contribution in [3.8, 4) is 5.75 Å². The lowest BCUT2D eigenvalue weighted by atomic mass is 9.80. The Kier molecular flexibility index (Phi) is 14.2. The summed E-state index contributed by atoms with van der Waals surface area (Å²) in [4.78, 5) is 0. The summed E-state index contributed by atoms with van der Waals surface area (Å²) in [6, 6.07) is 6.07. The number of ether oxygens (including phenoxy) is 2. The molecular weight excluding hydrogens is 480 g/mol. The van der Waals surface area contributed by atoms with Crippen molar-refractivity contribution < 1.29 is 14.6 Å². The summed E-state index contributed by atoms with van der Waals surface area (Å²) in [6.07, 6.45) is 27.4. The van der Waals surface area contributed by atoms with Gasteiger partial charge in [-0.05, 0) is 76.0 Å². The first-order chi connectivity index (χ1) is 18.9. The Hall–Kier alpha value is -1.06.